The summed E-state index contributed by atoms with van der Waals surface area (Å²) in [5, 5.41) is 2.83. The Hall–Kier alpha value is -3.82. The van der Waals surface area contributed by atoms with Crippen LogP contribution in [0.1, 0.15) is 28.5 Å². The molecule has 1 heterocycles. The van der Waals surface area contributed by atoms with Gasteiger partial charge in [0.15, 0.2) is 6.29 Å². The van der Waals surface area contributed by atoms with Gasteiger partial charge in [-0.15, -0.1) is 0 Å². The first-order valence-corrected chi connectivity index (χ1v) is 15.4. The highest BCUT2D eigenvalue weighted by Crippen LogP contribution is 2.51. The van der Waals surface area contributed by atoms with Crippen molar-refractivity contribution in [3.8, 4) is 0 Å². The van der Waals surface area contributed by atoms with Gasteiger partial charge in [-0.05, 0) is 16.7 Å². The van der Waals surface area contributed by atoms with Crippen LogP contribution >= 0.6 is 7.82 Å². The van der Waals surface area contributed by atoms with E-state index in [1.54, 1.807) is 0 Å². The number of hydrogen-bond acceptors (Lipinski definition) is 8. The van der Waals surface area contributed by atoms with Crippen molar-refractivity contribution in [1.82, 2.24) is 5.32 Å². The molecule has 0 spiro atoms. The summed E-state index contributed by atoms with van der Waals surface area (Å²) in [5.41, 5.74) is 1.99. The zero-order valence-electron chi connectivity index (χ0n) is 23.6. The number of nitrogens with one attached hydrogen (secondary N) is 1. The minimum absolute atomic E-state index is 0.00443. The van der Waals surface area contributed by atoms with Crippen molar-refractivity contribution >= 4 is 13.9 Å². The van der Waals surface area contributed by atoms with Gasteiger partial charge in [0, 0.05) is 5.56 Å². The second-order valence-corrected chi connectivity index (χ2v) is 11.7. The predicted molar refractivity (Wildman–Crippen MR) is 160 cm³/mol. The van der Waals surface area contributed by atoms with Crippen molar-refractivity contribution in [1.29, 1.82) is 0 Å². The Balaban J connectivity index is 1.29. The minimum atomic E-state index is -4.14. The maximum atomic E-state index is 13.9. The summed E-state index contributed by atoms with van der Waals surface area (Å²) in [5.74, 6) is 0. The lowest BCUT2D eigenvalue weighted by atomic mass is 10.0. The molecule has 1 saturated heterocycles. The van der Waals surface area contributed by atoms with Crippen LogP contribution in [0.15, 0.2) is 121 Å². The number of ether oxygens (including phenoxy) is 3. The van der Waals surface area contributed by atoms with Crippen molar-refractivity contribution < 1.29 is 37.1 Å². The third kappa shape index (κ3) is 9.33. The molecule has 224 valence electrons. The normalized spacial score (nSPS) is 18.6. The fourth-order valence-corrected chi connectivity index (χ4v) is 5.54. The molecule has 4 aromatic rings. The topological polar surface area (TPSA) is 102 Å². The van der Waals surface area contributed by atoms with E-state index in [9.17, 15) is 9.36 Å². The van der Waals surface area contributed by atoms with Crippen LogP contribution in [0.5, 0.6) is 0 Å². The molecule has 9 nitrogen and oxygen atoms in total. The molecule has 0 saturated carbocycles. The molecule has 0 aliphatic carbocycles. The number of carbonyl (C=O) groups excluding carboxylic acids is 1. The van der Waals surface area contributed by atoms with Crippen LogP contribution in [0, 0.1) is 0 Å². The largest absolute Gasteiger partial charge is 0.475 e. The molecule has 5 rings (SSSR count). The second kappa shape index (κ2) is 15.1. The summed E-state index contributed by atoms with van der Waals surface area (Å²) in [6.45, 7) is -0.257. The predicted octanol–water partition coefficient (Wildman–Crippen LogP) is 6.96. The number of amides is 1. The number of carbonyl (C=O) groups is 1. The summed E-state index contributed by atoms with van der Waals surface area (Å²) >= 11 is 0. The third-order valence-electron chi connectivity index (χ3n) is 6.64. The number of alkyl carbamates (subject to hydrolysis) is 1. The van der Waals surface area contributed by atoms with Gasteiger partial charge in [0.25, 0.3) is 0 Å². The average molecular weight is 604 g/mol. The Morgan fingerprint density at radius 1 is 0.674 bits per heavy atom. The van der Waals surface area contributed by atoms with Crippen molar-refractivity contribution in [2.75, 3.05) is 19.8 Å². The molecule has 0 unspecified atom stereocenters. The standard InChI is InChI=1S/C33H34NO8P/c35-32(37-21-27-13-5-1-6-14-27)34-33(24-38-31(39-25-33)30-19-11-4-12-20-30)26-42-43(36,40-22-28-15-7-2-8-16-28)41-23-29-17-9-3-10-18-29/h1-20,31H,21-26H2,(H,34,35). The van der Waals surface area contributed by atoms with E-state index in [0.717, 1.165) is 22.3 Å². The van der Waals surface area contributed by atoms with Gasteiger partial charge in [-0.3, -0.25) is 13.6 Å². The van der Waals surface area contributed by atoms with Crippen LogP contribution in [-0.4, -0.2) is 31.5 Å². The van der Waals surface area contributed by atoms with Gasteiger partial charge in [0.2, 0.25) is 0 Å². The summed E-state index contributed by atoms with van der Waals surface area (Å²) in [6, 6.07) is 37.3. The summed E-state index contributed by atoms with van der Waals surface area (Å²) in [4.78, 5) is 13.0. The molecule has 0 aromatic heterocycles. The van der Waals surface area contributed by atoms with Gasteiger partial charge in [-0.1, -0.05) is 121 Å². The molecule has 1 amide bonds. The second-order valence-electron chi connectivity index (χ2n) is 10.1. The van der Waals surface area contributed by atoms with Crippen molar-refractivity contribution in [2.45, 2.75) is 31.6 Å². The van der Waals surface area contributed by atoms with Crippen LogP contribution in [0.4, 0.5) is 4.79 Å². The highest BCUT2D eigenvalue weighted by molar-refractivity contribution is 7.48. The molecule has 0 atom stereocenters. The smallest absolute Gasteiger partial charge is 0.445 e. The van der Waals surface area contributed by atoms with E-state index >= 15 is 0 Å². The number of benzene rings is 4. The lowest BCUT2D eigenvalue weighted by Gasteiger charge is -2.40. The first-order valence-electron chi connectivity index (χ1n) is 13.9. The molecule has 4 aromatic carbocycles. The number of hydrogen-bond donors (Lipinski definition) is 1. The molecule has 43 heavy (non-hydrogen) atoms. The van der Waals surface area contributed by atoms with Crippen LogP contribution in [0.2, 0.25) is 0 Å². The van der Waals surface area contributed by atoms with Crippen LogP contribution in [0.25, 0.3) is 0 Å². The van der Waals surface area contributed by atoms with Gasteiger partial charge >= 0.3 is 13.9 Å². The summed E-state index contributed by atoms with van der Waals surface area (Å²) in [6.07, 6.45) is -1.35. The Morgan fingerprint density at radius 2 is 1.12 bits per heavy atom. The fourth-order valence-electron chi connectivity index (χ4n) is 4.30. The Labute approximate surface area is 251 Å². The zero-order chi connectivity index (χ0) is 29.8. The third-order valence-corrected chi connectivity index (χ3v) is 7.97. The lowest BCUT2D eigenvalue weighted by molar-refractivity contribution is -0.221. The SMILES string of the molecule is O=C(NC1(COP(=O)(OCc2ccccc2)OCc2ccccc2)COC(c2ccccc2)OC1)OCc1ccccc1. The van der Waals surface area contributed by atoms with E-state index in [0.29, 0.717) is 0 Å². The van der Waals surface area contributed by atoms with E-state index in [4.69, 9.17) is 27.8 Å². The fraction of sp³-hybridized carbons (Fsp3) is 0.242. The molecule has 0 radical (unpaired) electrons. The highest BCUT2D eigenvalue weighted by Gasteiger charge is 2.43. The molecule has 0 bridgehead atoms. The van der Waals surface area contributed by atoms with E-state index in [1.807, 2.05) is 121 Å². The van der Waals surface area contributed by atoms with E-state index in [1.165, 1.54) is 0 Å². The van der Waals surface area contributed by atoms with E-state index in [-0.39, 0.29) is 39.6 Å². The summed E-state index contributed by atoms with van der Waals surface area (Å²) in [7, 11) is -4.14. The number of rotatable bonds is 13. The van der Waals surface area contributed by atoms with Gasteiger partial charge in [-0.25, -0.2) is 9.36 Å². The molecule has 1 aliphatic heterocycles. The summed E-state index contributed by atoms with van der Waals surface area (Å²) < 4.78 is 48.9. The van der Waals surface area contributed by atoms with Crippen LogP contribution in [0.3, 0.4) is 0 Å². The maximum Gasteiger partial charge on any atom is 0.475 e. The van der Waals surface area contributed by atoms with Gasteiger partial charge in [0.05, 0.1) is 33.0 Å². The van der Waals surface area contributed by atoms with E-state index in [2.05, 4.69) is 5.32 Å². The molecule has 1 N–H and O–H groups in total. The van der Waals surface area contributed by atoms with Crippen LogP contribution in [-0.2, 0) is 52.2 Å². The molecule has 10 heteroatoms. The minimum Gasteiger partial charge on any atom is -0.445 e. The quantitative estimate of drug-likeness (QED) is 0.164. The van der Waals surface area contributed by atoms with Crippen molar-refractivity contribution in [3.63, 3.8) is 0 Å². The molecule has 1 fully saturated rings. The van der Waals surface area contributed by atoms with E-state index < -0.39 is 25.7 Å². The van der Waals surface area contributed by atoms with Crippen molar-refractivity contribution in [3.05, 3.63) is 144 Å². The zero-order valence-corrected chi connectivity index (χ0v) is 24.5. The maximum absolute atomic E-state index is 13.9. The lowest BCUT2D eigenvalue weighted by Crippen LogP contribution is -2.60. The van der Waals surface area contributed by atoms with Crippen molar-refractivity contribution in [2.24, 2.45) is 0 Å². The monoisotopic (exact) mass is 603 g/mol. The highest BCUT2D eigenvalue weighted by atomic mass is 31.2. The number of phosphoric ester groups is 1. The Bertz CT molecular complexity index is 1400. The average Bonchev–Trinajstić information content (AvgIpc) is 3.07. The Kier molecular flexibility index (Phi) is 10.7. The molecule has 1 aliphatic rings. The molecular weight excluding hydrogens is 569 g/mol. The van der Waals surface area contributed by atoms with Gasteiger partial charge < -0.3 is 19.5 Å². The van der Waals surface area contributed by atoms with Gasteiger partial charge in [-0.2, -0.15) is 0 Å². The first-order chi connectivity index (χ1) is 21.0. The van der Waals surface area contributed by atoms with Crippen LogP contribution < -0.4 is 5.32 Å². The molecular formula is C33H34NO8P. The first kappa shape index (κ1) is 30.6. The van der Waals surface area contributed by atoms with Gasteiger partial charge in [0.1, 0.15) is 12.1 Å². The Morgan fingerprint density at radius 3 is 1.60 bits per heavy atom. The number of phosphoric acid groups is 1.